The Hall–Kier alpha value is -5.67. The van der Waals surface area contributed by atoms with Gasteiger partial charge in [-0.15, -0.1) is 59.7 Å². The van der Waals surface area contributed by atoms with Crippen molar-refractivity contribution < 1.29 is 28.3 Å². The van der Waals surface area contributed by atoms with Crippen LogP contribution in [0.4, 0.5) is 0 Å². The number of aryl methyl sites for hydroxylation is 2. The number of imidazole rings is 1. The average Bonchev–Trinajstić information content (AvgIpc) is 3.65. The molecule has 279 valence electrons. The van der Waals surface area contributed by atoms with Crippen LogP contribution < -0.4 is 0 Å². The van der Waals surface area contributed by atoms with Crippen LogP contribution in [-0.2, 0) is 20.1 Å². The van der Waals surface area contributed by atoms with Gasteiger partial charge in [0.2, 0.25) is 0 Å². The minimum atomic E-state index is -2.69. The largest absolute Gasteiger partial charge is 0.333 e. The summed E-state index contributed by atoms with van der Waals surface area (Å²) in [5, 5.41) is 2.09. The SMILES string of the molecule is [2H]C([2H])([2H])c1c(C([2H])([2H])[2H])c2ccccc2c2c[c-]c(-c3nc4ccccc4n3-c3c(C(C)C)cc(-c4ccccc4)cc3C(C)C)cc12.[Ir].[c-]1ccccc1-c1ccccn1. The number of para-hydroxylation sites is 2. The smallest absolute Gasteiger partial charge is 0.0774 e. The van der Waals surface area contributed by atoms with Crippen molar-refractivity contribution in [1.82, 2.24) is 14.5 Å². The van der Waals surface area contributed by atoms with E-state index in [4.69, 9.17) is 13.2 Å². The van der Waals surface area contributed by atoms with Crippen molar-refractivity contribution in [1.29, 1.82) is 0 Å². The molecular weight excluding hydrogens is 859 g/mol. The molecule has 7 aromatic carbocycles. The third kappa shape index (κ3) is 7.35. The quantitative estimate of drug-likeness (QED) is 0.123. The molecule has 0 aliphatic heterocycles. The first-order chi connectivity index (χ1) is 29.2. The molecule has 3 nitrogen and oxygen atoms in total. The molecule has 0 amide bonds. The summed E-state index contributed by atoms with van der Waals surface area (Å²) in [6.45, 7) is 3.45. The summed E-state index contributed by atoms with van der Waals surface area (Å²) in [7, 11) is 0. The normalized spacial score (nSPS) is 13.2. The van der Waals surface area contributed by atoms with Gasteiger partial charge in [0.1, 0.15) is 0 Å². The van der Waals surface area contributed by atoms with Crippen LogP contribution in [0.5, 0.6) is 0 Å². The molecular formula is C52H45IrN3-2. The topological polar surface area (TPSA) is 30.7 Å². The van der Waals surface area contributed by atoms with E-state index in [2.05, 4.69) is 91.8 Å². The molecule has 0 spiro atoms. The zero-order valence-electron chi connectivity index (χ0n) is 37.8. The first-order valence-corrected chi connectivity index (χ1v) is 18.7. The first kappa shape index (κ1) is 31.5. The number of hydrogen-bond donors (Lipinski definition) is 0. The number of benzene rings is 7. The number of nitrogens with zero attached hydrogens (tertiary/aromatic N) is 3. The summed E-state index contributed by atoms with van der Waals surface area (Å²) in [5.41, 5.74) is 9.66. The van der Waals surface area contributed by atoms with Crippen LogP contribution in [0.25, 0.3) is 72.0 Å². The van der Waals surface area contributed by atoms with Crippen molar-refractivity contribution in [2.45, 2.75) is 53.2 Å². The Morgan fingerprint density at radius 2 is 1.25 bits per heavy atom. The van der Waals surface area contributed by atoms with Crippen molar-refractivity contribution in [3.63, 3.8) is 0 Å². The van der Waals surface area contributed by atoms with Gasteiger partial charge in [0.15, 0.2) is 0 Å². The van der Waals surface area contributed by atoms with Gasteiger partial charge in [-0.1, -0.05) is 128 Å². The summed E-state index contributed by atoms with van der Waals surface area (Å²) in [6, 6.07) is 53.9. The fourth-order valence-electron chi connectivity index (χ4n) is 7.38. The molecule has 9 aromatic rings. The Bertz CT molecular complexity index is 2930. The maximum Gasteiger partial charge on any atom is 0.0774 e. The van der Waals surface area contributed by atoms with Gasteiger partial charge in [0.05, 0.1) is 16.9 Å². The molecule has 0 atom stereocenters. The van der Waals surface area contributed by atoms with Gasteiger partial charge in [0.25, 0.3) is 0 Å². The van der Waals surface area contributed by atoms with Crippen LogP contribution in [0.15, 0.2) is 152 Å². The molecule has 4 heteroatoms. The van der Waals surface area contributed by atoms with E-state index in [9.17, 15) is 0 Å². The Balaban J connectivity index is 0.000000382. The molecule has 9 rings (SSSR count). The Labute approximate surface area is 352 Å². The van der Waals surface area contributed by atoms with Crippen molar-refractivity contribution >= 4 is 32.6 Å². The molecule has 0 aliphatic carbocycles. The van der Waals surface area contributed by atoms with E-state index >= 15 is 0 Å². The summed E-state index contributed by atoms with van der Waals surface area (Å²) in [4.78, 5) is 9.37. The van der Waals surface area contributed by atoms with Gasteiger partial charge in [0, 0.05) is 40.2 Å². The zero-order chi connectivity index (χ0) is 43.1. The predicted molar refractivity (Wildman–Crippen MR) is 232 cm³/mol. The molecule has 0 saturated carbocycles. The molecule has 0 bridgehead atoms. The number of rotatable bonds is 6. The molecule has 2 heterocycles. The summed E-state index contributed by atoms with van der Waals surface area (Å²) in [6.07, 6.45) is 1.79. The van der Waals surface area contributed by atoms with Crippen molar-refractivity contribution in [2.24, 2.45) is 0 Å². The second kappa shape index (κ2) is 16.6. The maximum atomic E-state index is 8.58. The van der Waals surface area contributed by atoms with Crippen molar-refractivity contribution in [3.8, 4) is 39.5 Å². The molecule has 0 saturated heterocycles. The van der Waals surface area contributed by atoms with Crippen molar-refractivity contribution in [2.75, 3.05) is 0 Å². The van der Waals surface area contributed by atoms with E-state index in [-0.39, 0.29) is 43.1 Å². The van der Waals surface area contributed by atoms with E-state index in [0.29, 0.717) is 32.9 Å². The van der Waals surface area contributed by atoms with E-state index < -0.39 is 13.7 Å². The Morgan fingerprint density at radius 3 is 1.93 bits per heavy atom. The standard InChI is InChI=1S/C41H37N2.C11H8N.Ir/c1-25(2)35-23-31(29-14-8-7-9-15-29)24-36(26(3)4)40(35)43-39-19-13-12-18-38(39)42-41(43)30-20-21-34-33-17-11-10-16-32(33)27(5)28(6)37(34)22-30;1-2-6-10(7-3-1)11-8-4-5-9-12-11;/h7-19,21-26H,1-6H3;1-6,8-9H;/q2*-1;/i5D3,6D3;;. The van der Waals surface area contributed by atoms with E-state index in [0.717, 1.165) is 50.2 Å². The van der Waals surface area contributed by atoms with Gasteiger partial charge in [-0.25, -0.2) is 0 Å². The van der Waals surface area contributed by atoms with Gasteiger partial charge in [-0.05, 0) is 94.8 Å². The third-order valence-electron chi connectivity index (χ3n) is 10.2. The molecule has 2 aromatic heterocycles. The fourth-order valence-corrected chi connectivity index (χ4v) is 7.38. The summed E-state index contributed by atoms with van der Waals surface area (Å²) >= 11 is 0. The van der Waals surface area contributed by atoms with E-state index in [1.807, 2.05) is 78.9 Å². The Morgan fingerprint density at radius 1 is 0.589 bits per heavy atom. The monoisotopic (exact) mass is 910 g/mol. The van der Waals surface area contributed by atoms with E-state index in [1.165, 1.54) is 0 Å². The third-order valence-corrected chi connectivity index (χ3v) is 10.2. The van der Waals surface area contributed by atoms with Crippen LogP contribution in [0.2, 0.25) is 0 Å². The predicted octanol–water partition coefficient (Wildman–Crippen LogP) is 13.9. The Kier molecular flexibility index (Phi) is 9.34. The molecule has 1 radical (unpaired) electrons. The van der Waals surface area contributed by atoms with E-state index in [1.54, 1.807) is 30.5 Å². The minimum absolute atomic E-state index is 0. The van der Waals surface area contributed by atoms with Crippen LogP contribution in [0.3, 0.4) is 0 Å². The minimum Gasteiger partial charge on any atom is -0.333 e. The number of aromatic nitrogens is 3. The first-order valence-electron chi connectivity index (χ1n) is 21.7. The van der Waals surface area contributed by atoms with Gasteiger partial charge < -0.3 is 9.55 Å². The zero-order valence-corrected chi connectivity index (χ0v) is 34.2. The van der Waals surface area contributed by atoms with Crippen LogP contribution in [-0.4, -0.2) is 14.5 Å². The van der Waals surface area contributed by atoms with Crippen molar-refractivity contribution in [3.05, 3.63) is 186 Å². The van der Waals surface area contributed by atoms with Crippen LogP contribution >= 0.6 is 0 Å². The molecule has 0 N–H and O–H groups in total. The second-order valence-corrected chi connectivity index (χ2v) is 14.4. The maximum absolute atomic E-state index is 8.58. The summed E-state index contributed by atoms with van der Waals surface area (Å²) in [5.74, 6) is 0.946. The number of fused-ring (bicyclic) bond motifs is 4. The van der Waals surface area contributed by atoms with Crippen LogP contribution in [0, 0.1) is 25.8 Å². The fraction of sp³-hybridized carbons (Fsp3) is 0.154. The second-order valence-electron chi connectivity index (χ2n) is 14.4. The average molecular weight is 910 g/mol. The van der Waals surface area contributed by atoms with Gasteiger partial charge >= 0.3 is 0 Å². The molecule has 0 fully saturated rings. The molecule has 0 aliphatic rings. The van der Waals surface area contributed by atoms with Crippen LogP contribution in [0.1, 0.15) is 70.0 Å². The number of pyridine rings is 1. The van der Waals surface area contributed by atoms with Gasteiger partial charge in [-0.2, -0.15) is 0 Å². The number of hydrogen-bond acceptors (Lipinski definition) is 2. The molecule has 0 unspecified atom stereocenters. The van der Waals surface area contributed by atoms with Gasteiger partial charge in [-0.3, -0.25) is 4.98 Å². The summed E-state index contributed by atoms with van der Waals surface area (Å²) < 4.78 is 53.3. The molecule has 56 heavy (non-hydrogen) atoms.